The summed E-state index contributed by atoms with van der Waals surface area (Å²) in [6.45, 7) is 20.1. The van der Waals surface area contributed by atoms with Crippen LogP contribution in [0.15, 0.2) is 396 Å². The number of rotatable bonds is 6. The first-order valence-electron chi connectivity index (χ1n) is 45.9. The average molecular weight is 2310 g/mol. The molecule has 0 bridgehead atoms. The molecular formula is C125H94Ir3N10-2. The number of aromatic nitrogens is 6. The maximum absolute atomic E-state index is 4.57. The van der Waals surface area contributed by atoms with Crippen molar-refractivity contribution in [1.82, 2.24) is 39.9 Å². The summed E-state index contributed by atoms with van der Waals surface area (Å²) in [5, 5.41) is 31.4. The van der Waals surface area contributed by atoms with Crippen molar-refractivity contribution in [2.45, 2.75) is 64.7 Å². The number of hydrogen-bond donors (Lipinski definition) is 0. The third-order valence-corrected chi connectivity index (χ3v) is 27.4. The molecule has 0 spiro atoms. The van der Waals surface area contributed by atoms with Gasteiger partial charge in [0, 0.05) is 56.8 Å². The zero-order valence-corrected chi connectivity index (χ0v) is 84.8. The van der Waals surface area contributed by atoms with Crippen molar-refractivity contribution in [3.05, 3.63) is 478 Å². The number of para-hydroxylation sites is 1. The first-order chi connectivity index (χ1) is 66.0. The molecule has 0 saturated heterocycles. The maximum atomic E-state index is 4.57. The molecule has 0 saturated carbocycles. The number of nitrogens with zero attached hydrogens (tertiary/aromatic N) is 10. The van der Waals surface area contributed by atoms with Crippen LogP contribution in [0, 0.1) is 50.6 Å². The van der Waals surface area contributed by atoms with Gasteiger partial charge in [-0.2, -0.15) is 67.4 Å². The largest absolute Gasteiger partial charge is 3.00 e. The molecule has 0 atom stereocenters. The Balaban J connectivity index is 0.000000111. The van der Waals surface area contributed by atoms with Gasteiger partial charge in [-0.05, 0) is 233 Å². The maximum Gasteiger partial charge on any atom is 3.00 e. The van der Waals surface area contributed by atoms with E-state index in [-0.39, 0.29) is 76.6 Å². The van der Waals surface area contributed by atoms with Crippen LogP contribution in [0.4, 0.5) is 11.4 Å². The van der Waals surface area contributed by atoms with Crippen LogP contribution < -0.4 is 14.9 Å². The predicted octanol–water partition coefficient (Wildman–Crippen LogP) is 30.0. The van der Waals surface area contributed by atoms with Crippen LogP contribution >= 0.6 is 0 Å². The first kappa shape index (κ1) is 92.6. The quantitative estimate of drug-likeness (QED) is 0.118. The van der Waals surface area contributed by atoms with E-state index in [9.17, 15) is 0 Å². The van der Waals surface area contributed by atoms with Crippen LogP contribution in [0.25, 0.3) is 175 Å². The van der Waals surface area contributed by atoms with Crippen molar-refractivity contribution in [2.75, 3.05) is 23.9 Å². The van der Waals surface area contributed by atoms with Gasteiger partial charge in [0.05, 0.1) is 0 Å². The van der Waals surface area contributed by atoms with Crippen molar-refractivity contribution >= 4 is 108 Å². The summed E-state index contributed by atoms with van der Waals surface area (Å²) in [4.78, 5) is 25.9. The molecule has 22 aromatic rings. The summed E-state index contributed by atoms with van der Waals surface area (Å²) < 4.78 is 0. The third-order valence-electron chi connectivity index (χ3n) is 27.4. The zero-order chi connectivity index (χ0) is 91.6. The van der Waals surface area contributed by atoms with Gasteiger partial charge >= 0.3 is 40.2 Å². The summed E-state index contributed by atoms with van der Waals surface area (Å²) in [5.74, 6) is 0. The molecule has 0 amide bonds. The predicted molar refractivity (Wildman–Crippen MR) is 559 cm³/mol. The zero-order valence-electron chi connectivity index (χ0n) is 77.7. The van der Waals surface area contributed by atoms with E-state index >= 15 is 0 Å². The fraction of sp³-hybridized carbons (Fsp3) is 0.0960. The Morgan fingerprint density at radius 1 is 0.283 bits per heavy atom. The minimum atomic E-state index is -0.0930. The van der Waals surface area contributed by atoms with E-state index in [0.717, 1.165) is 56.5 Å². The second-order valence-electron chi connectivity index (χ2n) is 36.7. The number of pyridine rings is 4. The van der Waals surface area contributed by atoms with E-state index in [1.54, 1.807) is 12.4 Å². The van der Waals surface area contributed by atoms with Crippen LogP contribution in [-0.2, 0) is 76.6 Å². The molecule has 673 valence electrons. The second-order valence-corrected chi connectivity index (χ2v) is 36.7. The van der Waals surface area contributed by atoms with Gasteiger partial charge in [-0.25, -0.2) is 0 Å². The van der Waals surface area contributed by atoms with Crippen LogP contribution in [0.5, 0.6) is 0 Å². The topological polar surface area (TPSA) is 91.5 Å². The van der Waals surface area contributed by atoms with Gasteiger partial charge in [0.1, 0.15) is 0 Å². The minimum absolute atomic E-state index is 0. The summed E-state index contributed by atoms with van der Waals surface area (Å²) in [6, 6.07) is 137. The molecule has 5 aliphatic rings. The molecular weight excluding hydrogens is 2220 g/mol. The molecule has 5 aromatic heterocycles. The van der Waals surface area contributed by atoms with E-state index < -0.39 is 0 Å². The van der Waals surface area contributed by atoms with Crippen molar-refractivity contribution < 1.29 is 60.3 Å². The molecule has 27 rings (SSSR count). The monoisotopic (exact) mass is 2310 g/mol. The van der Waals surface area contributed by atoms with Gasteiger partial charge < -0.3 is 44.7 Å². The first-order valence-corrected chi connectivity index (χ1v) is 45.9. The van der Waals surface area contributed by atoms with Crippen LogP contribution in [-0.4, -0.2) is 48.9 Å². The number of fused-ring (bicyclic) bond motifs is 30. The Bertz CT molecular complexity index is 7650. The van der Waals surface area contributed by atoms with Crippen LogP contribution in [0.3, 0.4) is 0 Å². The molecule has 7 heterocycles. The Morgan fingerprint density at radius 2 is 0.587 bits per heavy atom. The molecule has 13 heteroatoms. The van der Waals surface area contributed by atoms with Crippen LogP contribution in [0.1, 0.15) is 80.5 Å². The fourth-order valence-corrected chi connectivity index (χ4v) is 20.7. The van der Waals surface area contributed by atoms with E-state index in [0.29, 0.717) is 0 Å². The third kappa shape index (κ3) is 16.8. The number of benzene rings is 17. The molecule has 0 unspecified atom stereocenters. The standard InChI is InChI=1S/3C32H22N.C11H12N2.C10H10N2.C8H6N3.3Ir/c3*1-32(2)27-17-16-25-23-11-4-3-9-21(23)22-10-5-6-12-24(22)30(25)31(27)26-15-14-20(19-28(26)32)29-13-7-8-18-33-29;1-10-3-5-11(6-4-10)13-8-7-12(2)9-13;1-11-7-8-12(9-11)10-5-3-2-4-6-10;1-2-5-9-7(3-1)8-4-6-10-11-8;;;/h3*3-13,15-19H,1-2H3;3-5,7-9H,1-2H3;2-5,7-9H,1H3;1-6H;;;/q3*-1;2*-2;-1;;2*+3. The molecule has 1 radical (unpaired) electrons. The summed E-state index contributed by atoms with van der Waals surface area (Å²) in [6.07, 6.45) is 17.0. The van der Waals surface area contributed by atoms with E-state index in [1.165, 1.54) is 169 Å². The summed E-state index contributed by atoms with van der Waals surface area (Å²) >= 11 is 0. The molecule has 10 nitrogen and oxygen atoms in total. The Labute approximate surface area is 846 Å². The van der Waals surface area contributed by atoms with Crippen molar-refractivity contribution in [3.8, 4) is 78.5 Å². The van der Waals surface area contributed by atoms with Gasteiger partial charge in [0.2, 0.25) is 0 Å². The van der Waals surface area contributed by atoms with Gasteiger partial charge in [-0.1, -0.05) is 301 Å². The van der Waals surface area contributed by atoms with Gasteiger partial charge in [-0.3, -0.25) is 4.98 Å². The summed E-state index contributed by atoms with van der Waals surface area (Å²) in [7, 11) is 4.00. The average Bonchev–Trinajstić information content (AvgIpc) is 1.54. The van der Waals surface area contributed by atoms with Crippen molar-refractivity contribution in [3.63, 3.8) is 0 Å². The molecule has 0 fully saturated rings. The number of aryl methyl sites for hydroxylation is 1. The fourth-order valence-electron chi connectivity index (χ4n) is 20.7. The van der Waals surface area contributed by atoms with Crippen molar-refractivity contribution in [2.24, 2.45) is 0 Å². The van der Waals surface area contributed by atoms with Crippen molar-refractivity contribution in [1.29, 1.82) is 0 Å². The normalized spacial score (nSPS) is 13.7. The molecule has 3 aliphatic carbocycles. The molecule has 0 N–H and O–H groups in total. The second kappa shape index (κ2) is 38.6. The number of hydrogen-bond acceptors (Lipinski definition) is 9. The number of anilines is 2. The summed E-state index contributed by atoms with van der Waals surface area (Å²) in [5.41, 5.74) is 27.0. The minimum Gasteiger partial charge on any atom is -0.574 e. The van der Waals surface area contributed by atoms with E-state index in [4.69, 9.17) is 0 Å². The Morgan fingerprint density at radius 3 is 0.870 bits per heavy atom. The Hall–Kier alpha value is -14.5. The molecule has 17 aromatic carbocycles. The van der Waals surface area contributed by atoms with Gasteiger partial charge in [0.25, 0.3) is 0 Å². The van der Waals surface area contributed by atoms with E-state index in [1.807, 2.05) is 181 Å². The molecule has 138 heavy (non-hydrogen) atoms. The van der Waals surface area contributed by atoms with Gasteiger partial charge in [-0.15, -0.1) is 105 Å². The SMILES string of the molecule is CC1(C)c2cc(-c3ccccn3)[c-]cc2-c2c1ccc1c3ccccc3c3ccccc3c21.CC1(C)c2cc(-c3ccccn3)[c-]cc2-c2c1ccc1c3ccccc3c3ccccc3c21.CC1(C)c2cc(-c3ccccn3)[c-]cc2-c2c1ccc1c3ccccc3c3ccccc3c21.CN1C=CN(c2[c-]cccc2)[CH-]1.Cc1c[c-]c(N2C=CN(C)[CH-]2)cc1.[Ir+3].[Ir+3].[Ir].c1ccc(-c2ccn[n-]2)nc1. The van der Waals surface area contributed by atoms with Crippen LogP contribution in [0.2, 0.25) is 0 Å². The van der Waals surface area contributed by atoms with Gasteiger partial charge in [0.15, 0.2) is 0 Å². The molecule has 2 aliphatic heterocycles. The van der Waals surface area contributed by atoms with E-state index in [2.05, 4.69) is 358 Å². The Kier molecular flexibility index (Phi) is 25.9. The smallest absolute Gasteiger partial charge is 0.574 e.